The van der Waals surface area contributed by atoms with Gasteiger partial charge in [0, 0.05) is 12.4 Å². The molecule has 0 aliphatic heterocycles. The van der Waals surface area contributed by atoms with Gasteiger partial charge in [0.1, 0.15) is 12.4 Å². The largest absolute Gasteiger partial charge is 0.504 e. The zero-order chi connectivity index (χ0) is 17.0. The van der Waals surface area contributed by atoms with Crippen molar-refractivity contribution in [2.75, 3.05) is 6.61 Å². The predicted molar refractivity (Wildman–Crippen MR) is 71.0 cm³/mol. The van der Waals surface area contributed by atoms with Crippen LogP contribution in [-0.4, -0.2) is 32.8 Å². The van der Waals surface area contributed by atoms with Crippen molar-refractivity contribution < 1.29 is 32.9 Å². The first kappa shape index (κ1) is 16.5. The molecule has 23 heavy (non-hydrogen) atoms. The lowest BCUT2D eigenvalue weighted by molar-refractivity contribution is -0.139. The van der Waals surface area contributed by atoms with Crippen molar-refractivity contribution >= 4 is 5.97 Å². The molecule has 0 amide bonds. The molecule has 0 fully saturated rings. The number of hydrogen-bond donors (Lipinski definition) is 2. The van der Waals surface area contributed by atoms with Gasteiger partial charge < -0.3 is 14.9 Å². The van der Waals surface area contributed by atoms with Crippen LogP contribution in [0.5, 0.6) is 11.5 Å². The lowest BCUT2D eigenvalue weighted by Crippen LogP contribution is -2.22. The van der Waals surface area contributed by atoms with Gasteiger partial charge in [-0.25, -0.2) is 9.97 Å². The van der Waals surface area contributed by atoms with Crippen molar-refractivity contribution in [1.29, 1.82) is 0 Å². The lowest BCUT2D eigenvalue weighted by atomic mass is 10.1. The van der Waals surface area contributed by atoms with Gasteiger partial charge in [0.15, 0.2) is 17.4 Å². The molecule has 122 valence electrons. The fraction of sp³-hybridized carbons (Fsp3) is 0.214. The van der Waals surface area contributed by atoms with Gasteiger partial charge in [-0.3, -0.25) is 4.79 Å². The van der Waals surface area contributed by atoms with Crippen LogP contribution in [0.4, 0.5) is 13.2 Å². The fourth-order valence-corrected chi connectivity index (χ4v) is 1.67. The van der Waals surface area contributed by atoms with Gasteiger partial charge in [-0.1, -0.05) is 12.1 Å². The van der Waals surface area contributed by atoms with Crippen LogP contribution >= 0.6 is 0 Å². The molecule has 0 aliphatic rings. The summed E-state index contributed by atoms with van der Waals surface area (Å²) in [6.07, 6.45) is -3.58. The molecule has 2 N–H and O–H groups in total. The van der Waals surface area contributed by atoms with E-state index in [1.807, 2.05) is 0 Å². The van der Waals surface area contributed by atoms with E-state index in [0.717, 1.165) is 0 Å². The second-order valence-electron chi connectivity index (χ2n) is 4.50. The third-order valence-corrected chi connectivity index (χ3v) is 2.88. The van der Waals surface area contributed by atoms with E-state index in [1.165, 1.54) is 12.1 Å². The molecule has 1 heterocycles. The summed E-state index contributed by atoms with van der Waals surface area (Å²) in [6, 6.07) is 5.89. The highest BCUT2D eigenvalue weighted by Gasteiger charge is 2.32. The monoisotopic (exact) mass is 328 g/mol. The smallest absolute Gasteiger partial charge is 0.419 e. The number of ether oxygens (including phenoxy) is 1. The van der Waals surface area contributed by atoms with Crippen molar-refractivity contribution in [3.63, 3.8) is 0 Å². The maximum absolute atomic E-state index is 12.4. The van der Waals surface area contributed by atoms with Gasteiger partial charge in [0.25, 0.3) is 0 Å². The summed E-state index contributed by atoms with van der Waals surface area (Å²) in [5, 5.41) is 18.7. The van der Waals surface area contributed by atoms with Gasteiger partial charge in [-0.15, -0.1) is 0 Å². The number of carboxylic acids is 1. The molecule has 1 atom stereocenters. The standard InChI is InChI=1S/C14H11F3N2O4/c15-14(16,17)8-5-18-12(19-6-8)9(13(21)22)7-23-11-4-2-1-3-10(11)20/h1-6,9,20H,7H2,(H,21,22). The van der Waals surface area contributed by atoms with E-state index < -0.39 is 30.2 Å². The van der Waals surface area contributed by atoms with Crippen molar-refractivity contribution in [1.82, 2.24) is 9.97 Å². The number of alkyl halides is 3. The Bertz CT molecular complexity index is 689. The Hall–Kier alpha value is -2.84. The van der Waals surface area contributed by atoms with Crippen LogP contribution in [-0.2, 0) is 11.0 Å². The molecule has 1 unspecified atom stereocenters. The highest BCUT2D eigenvalue weighted by Crippen LogP contribution is 2.29. The lowest BCUT2D eigenvalue weighted by Gasteiger charge is -2.14. The number of phenols is 1. The maximum atomic E-state index is 12.4. The molecule has 2 rings (SSSR count). The second kappa shape index (κ2) is 6.51. The van der Waals surface area contributed by atoms with Crippen LogP contribution in [0.25, 0.3) is 0 Å². The molecule has 0 bridgehead atoms. The van der Waals surface area contributed by atoms with Crippen LogP contribution in [0.2, 0.25) is 0 Å². The quantitative estimate of drug-likeness (QED) is 0.876. The van der Waals surface area contributed by atoms with E-state index >= 15 is 0 Å². The molecule has 1 aromatic carbocycles. The van der Waals surface area contributed by atoms with E-state index in [2.05, 4.69) is 9.97 Å². The molecule has 2 aromatic rings. The molecule has 0 spiro atoms. The number of phenolic OH excluding ortho intramolecular Hbond substituents is 1. The summed E-state index contributed by atoms with van der Waals surface area (Å²) in [5.74, 6) is -3.20. The van der Waals surface area contributed by atoms with Gasteiger partial charge in [0.05, 0.1) is 5.56 Å². The zero-order valence-electron chi connectivity index (χ0n) is 11.5. The van der Waals surface area contributed by atoms with Crippen molar-refractivity contribution in [3.05, 3.63) is 48.0 Å². The number of carboxylic acid groups (broad SMARTS) is 1. The van der Waals surface area contributed by atoms with Gasteiger partial charge in [-0.05, 0) is 12.1 Å². The third-order valence-electron chi connectivity index (χ3n) is 2.88. The number of hydrogen-bond acceptors (Lipinski definition) is 5. The molecular weight excluding hydrogens is 317 g/mol. The minimum absolute atomic E-state index is 0.0469. The number of rotatable bonds is 5. The summed E-state index contributed by atoms with van der Waals surface area (Å²) in [4.78, 5) is 18.1. The van der Waals surface area contributed by atoms with E-state index in [1.54, 1.807) is 12.1 Å². The zero-order valence-corrected chi connectivity index (χ0v) is 11.5. The first-order valence-electron chi connectivity index (χ1n) is 6.31. The minimum Gasteiger partial charge on any atom is -0.504 e. The molecule has 6 nitrogen and oxygen atoms in total. The number of halogens is 3. The normalized spacial score (nSPS) is 12.7. The number of benzene rings is 1. The number of nitrogens with zero attached hydrogens (tertiary/aromatic N) is 2. The third kappa shape index (κ3) is 4.09. The van der Waals surface area contributed by atoms with E-state index in [-0.39, 0.29) is 17.3 Å². The molecule has 0 saturated carbocycles. The first-order valence-corrected chi connectivity index (χ1v) is 6.31. The molecule has 0 radical (unpaired) electrons. The Morgan fingerprint density at radius 3 is 2.35 bits per heavy atom. The summed E-state index contributed by atoms with van der Waals surface area (Å²) in [7, 11) is 0. The van der Waals surface area contributed by atoms with Crippen molar-refractivity contribution in [3.8, 4) is 11.5 Å². The van der Waals surface area contributed by atoms with E-state index in [0.29, 0.717) is 12.4 Å². The van der Waals surface area contributed by atoms with E-state index in [9.17, 15) is 23.1 Å². The van der Waals surface area contributed by atoms with Gasteiger partial charge in [0.2, 0.25) is 0 Å². The number of aromatic nitrogens is 2. The number of carbonyl (C=O) groups is 1. The Morgan fingerprint density at radius 2 is 1.83 bits per heavy atom. The number of aliphatic carboxylic acids is 1. The Balaban J connectivity index is 2.16. The highest BCUT2D eigenvalue weighted by molar-refractivity contribution is 5.75. The Morgan fingerprint density at radius 1 is 1.22 bits per heavy atom. The van der Waals surface area contributed by atoms with Crippen LogP contribution in [0.3, 0.4) is 0 Å². The topological polar surface area (TPSA) is 92.5 Å². The SMILES string of the molecule is O=C(O)C(COc1ccccc1O)c1ncc(C(F)(F)F)cn1. The summed E-state index contributed by atoms with van der Waals surface area (Å²) in [5.41, 5.74) is -1.08. The van der Waals surface area contributed by atoms with E-state index in [4.69, 9.17) is 9.84 Å². The molecular formula is C14H11F3N2O4. The fourth-order valence-electron chi connectivity index (χ4n) is 1.67. The van der Waals surface area contributed by atoms with Crippen LogP contribution in [0, 0.1) is 0 Å². The van der Waals surface area contributed by atoms with Gasteiger partial charge >= 0.3 is 12.1 Å². The average Bonchev–Trinajstić information content (AvgIpc) is 2.48. The summed E-state index contributed by atoms with van der Waals surface area (Å²) < 4.78 is 42.5. The minimum atomic E-state index is -4.61. The molecule has 9 heteroatoms. The number of para-hydroxylation sites is 2. The summed E-state index contributed by atoms with van der Waals surface area (Å²) in [6.45, 7) is -0.446. The maximum Gasteiger partial charge on any atom is 0.419 e. The van der Waals surface area contributed by atoms with Crippen LogP contribution in [0.15, 0.2) is 36.7 Å². The summed E-state index contributed by atoms with van der Waals surface area (Å²) >= 11 is 0. The molecule has 0 aliphatic carbocycles. The number of aromatic hydroxyl groups is 1. The molecule has 1 aromatic heterocycles. The molecule has 0 saturated heterocycles. The Labute approximate surface area is 128 Å². The second-order valence-corrected chi connectivity index (χ2v) is 4.50. The predicted octanol–water partition coefficient (Wildman–Crippen LogP) is 2.45. The van der Waals surface area contributed by atoms with Crippen LogP contribution < -0.4 is 4.74 Å². The first-order chi connectivity index (χ1) is 10.8. The Kier molecular flexibility index (Phi) is 4.68. The van der Waals surface area contributed by atoms with Gasteiger partial charge in [-0.2, -0.15) is 13.2 Å². The average molecular weight is 328 g/mol. The highest BCUT2D eigenvalue weighted by atomic mass is 19.4. The van der Waals surface area contributed by atoms with Crippen molar-refractivity contribution in [2.24, 2.45) is 0 Å². The van der Waals surface area contributed by atoms with Crippen LogP contribution in [0.1, 0.15) is 17.3 Å². The van der Waals surface area contributed by atoms with Crippen molar-refractivity contribution in [2.45, 2.75) is 12.1 Å².